The van der Waals surface area contributed by atoms with E-state index >= 15 is 0 Å². The SMILES string of the molecule is Cc1cc(NC2CC(O)C2(C)C)cnc1Cl. The second kappa shape index (κ2) is 3.90. The molecule has 1 aromatic rings. The van der Waals surface area contributed by atoms with Crippen LogP contribution >= 0.6 is 11.6 Å². The van der Waals surface area contributed by atoms with E-state index in [2.05, 4.69) is 24.1 Å². The average molecular weight is 241 g/mol. The summed E-state index contributed by atoms with van der Waals surface area (Å²) in [6.07, 6.45) is 2.30. The number of halogens is 1. The molecule has 0 aliphatic heterocycles. The Kier molecular flexibility index (Phi) is 2.84. The molecule has 88 valence electrons. The molecular weight excluding hydrogens is 224 g/mol. The molecule has 3 nitrogen and oxygen atoms in total. The van der Waals surface area contributed by atoms with Crippen LogP contribution in [0, 0.1) is 12.3 Å². The molecule has 16 heavy (non-hydrogen) atoms. The molecule has 0 bridgehead atoms. The van der Waals surface area contributed by atoms with E-state index in [0.29, 0.717) is 11.2 Å². The largest absolute Gasteiger partial charge is 0.392 e. The Hall–Kier alpha value is -0.800. The maximum absolute atomic E-state index is 9.65. The first-order valence-corrected chi connectivity index (χ1v) is 5.86. The number of hydrogen-bond donors (Lipinski definition) is 2. The normalized spacial score (nSPS) is 27.3. The Morgan fingerprint density at radius 2 is 2.25 bits per heavy atom. The van der Waals surface area contributed by atoms with E-state index in [1.54, 1.807) is 6.20 Å². The standard InChI is InChI=1S/C12H17ClN2O/c1-7-4-8(6-14-11(7)13)15-9-5-10(16)12(9,2)3/h4,6,9-10,15-16H,5H2,1-3H3. The van der Waals surface area contributed by atoms with E-state index in [1.165, 1.54) is 0 Å². The summed E-state index contributed by atoms with van der Waals surface area (Å²) in [5, 5.41) is 13.6. The molecule has 2 rings (SSSR count). The zero-order valence-corrected chi connectivity index (χ0v) is 10.5. The highest BCUT2D eigenvalue weighted by atomic mass is 35.5. The molecule has 1 aliphatic rings. The smallest absolute Gasteiger partial charge is 0.132 e. The monoisotopic (exact) mass is 240 g/mol. The van der Waals surface area contributed by atoms with Crippen LogP contribution in [0.4, 0.5) is 5.69 Å². The highest BCUT2D eigenvalue weighted by Gasteiger charge is 2.47. The number of anilines is 1. The van der Waals surface area contributed by atoms with E-state index in [4.69, 9.17) is 11.6 Å². The van der Waals surface area contributed by atoms with Crippen molar-refractivity contribution in [3.8, 4) is 0 Å². The summed E-state index contributed by atoms with van der Waals surface area (Å²) in [6, 6.07) is 2.28. The molecule has 0 aromatic carbocycles. The van der Waals surface area contributed by atoms with Crippen LogP contribution in [0.2, 0.25) is 5.15 Å². The highest BCUT2D eigenvalue weighted by molar-refractivity contribution is 6.30. The van der Waals surface area contributed by atoms with Gasteiger partial charge >= 0.3 is 0 Å². The minimum Gasteiger partial charge on any atom is -0.392 e. The Balaban J connectivity index is 2.08. The molecule has 0 saturated heterocycles. The lowest BCUT2D eigenvalue weighted by Gasteiger charge is -2.49. The van der Waals surface area contributed by atoms with Gasteiger partial charge in [0.2, 0.25) is 0 Å². The lowest BCUT2D eigenvalue weighted by atomic mass is 9.64. The third-order valence-corrected chi connectivity index (χ3v) is 3.97. The number of hydrogen-bond acceptors (Lipinski definition) is 3. The first-order valence-electron chi connectivity index (χ1n) is 5.48. The Morgan fingerprint density at radius 3 is 2.75 bits per heavy atom. The Labute approximate surface area is 101 Å². The number of aryl methyl sites for hydroxylation is 1. The molecule has 1 aromatic heterocycles. The van der Waals surface area contributed by atoms with Crippen molar-refractivity contribution in [1.29, 1.82) is 0 Å². The van der Waals surface area contributed by atoms with Gasteiger partial charge < -0.3 is 10.4 Å². The molecule has 2 unspecified atom stereocenters. The molecule has 2 atom stereocenters. The van der Waals surface area contributed by atoms with Crippen LogP contribution in [-0.4, -0.2) is 22.2 Å². The van der Waals surface area contributed by atoms with Crippen LogP contribution < -0.4 is 5.32 Å². The van der Waals surface area contributed by atoms with E-state index in [9.17, 15) is 5.11 Å². The summed E-state index contributed by atoms with van der Waals surface area (Å²) in [4.78, 5) is 4.10. The van der Waals surface area contributed by atoms with Gasteiger partial charge in [-0.15, -0.1) is 0 Å². The van der Waals surface area contributed by atoms with Gasteiger partial charge in [0.05, 0.1) is 18.0 Å². The minimum atomic E-state index is -0.216. The van der Waals surface area contributed by atoms with Crippen LogP contribution in [0.5, 0.6) is 0 Å². The summed E-state index contributed by atoms with van der Waals surface area (Å²) in [7, 11) is 0. The first-order chi connectivity index (χ1) is 7.41. The molecule has 1 aliphatic carbocycles. The molecule has 2 N–H and O–H groups in total. The van der Waals surface area contributed by atoms with E-state index in [0.717, 1.165) is 17.7 Å². The molecule has 4 heteroatoms. The zero-order valence-electron chi connectivity index (χ0n) is 9.79. The number of aromatic nitrogens is 1. The number of nitrogens with zero attached hydrogens (tertiary/aromatic N) is 1. The van der Waals surface area contributed by atoms with Crippen LogP contribution in [0.3, 0.4) is 0 Å². The molecule has 1 fully saturated rings. The maximum Gasteiger partial charge on any atom is 0.132 e. The zero-order chi connectivity index (χ0) is 11.9. The van der Waals surface area contributed by atoms with Crippen molar-refractivity contribution >= 4 is 17.3 Å². The van der Waals surface area contributed by atoms with Crippen molar-refractivity contribution in [2.45, 2.75) is 39.3 Å². The molecule has 0 radical (unpaired) electrons. The lowest BCUT2D eigenvalue weighted by Crippen LogP contribution is -2.56. The van der Waals surface area contributed by atoms with Gasteiger partial charge in [-0.25, -0.2) is 4.98 Å². The molecule has 0 spiro atoms. The predicted molar refractivity (Wildman–Crippen MR) is 65.8 cm³/mol. The van der Waals surface area contributed by atoms with Crippen molar-refractivity contribution in [2.24, 2.45) is 5.41 Å². The van der Waals surface area contributed by atoms with E-state index < -0.39 is 0 Å². The second-order valence-electron chi connectivity index (χ2n) is 5.10. The topological polar surface area (TPSA) is 45.1 Å². The van der Waals surface area contributed by atoms with Crippen LogP contribution in [-0.2, 0) is 0 Å². The van der Waals surface area contributed by atoms with Crippen molar-refractivity contribution in [1.82, 2.24) is 4.98 Å². The number of pyridine rings is 1. The van der Waals surface area contributed by atoms with Gasteiger partial charge in [-0.1, -0.05) is 25.4 Å². The first kappa shape index (κ1) is 11.7. The van der Waals surface area contributed by atoms with Gasteiger partial charge in [-0.2, -0.15) is 0 Å². The van der Waals surface area contributed by atoms with Gasteiger partial charge in [0, 0.05) is 11.5 Å². The van der Waals surface area contributed by atoms with E-state index in [-0.39, 0.29) is 11.5 Å². The number of rotatable bonds is 2. The van der Waals surface area contributed by atoms with Crippen molar-refractivity contribution in [2.75, 3.05) is 5.32 Å². The van der Waals surface area contributed by atoms with E-state index in [1.807, 2.05) is 13.0 Å². The third kappa shape index (κ3) is 1.89. The summed E-state index contributed by atoms with van der Waals surface area (Å²) in [5.74, 6) is 0. The molecule has 1 saturated carbocycles. The van der Waals surface area contributed by atoms with Gasteiger partial charge in [0.1, 0.15) is 5.15 Å². The number of aliphatic hydroxyl groups is 1. The summed E-state index contributed by atoms with van der Waals surface area (Å²) in [5.41, 5.74) is 1.85. The van der Waals surface area contributed by atoms with Crippen molar-refractivity contribution in [3.63, 3.8) is 0 Å². The van der Waals surface area contributed by atoms with Gasteiger partial charge in [0.15, 0.2) is 0 Å². The quantitative estimate of drug-likeness (QED) is 0.782. The summed E-state index contributed by atoms with van der Waals surface area (Å²) >= 11 is 5.87. The van der Waals surface area contributed by atoms with Crippen molar-refractivity contribution < 1.29 is 5.11 Å². The second-order valence-corrected chi connectivity index (χ2v) is 5.46. The third-order valence-electron chi connectivity index (χ3n) is 3.57. The van der Waals surface area contributed by atoms with Gasteiger partial charge in [-0.05, 0) is 25.0 Å². The average Bonchev–Trinajstić information content (AvgIpc) is 2.23. The summed E-state index contributed by atoms with van der Waals surface area (Å²) in [6.45, 7) is 6.06. The van der Waals surface area contributed by atoms with Gasteiger partial charge in [-0.3, -0.25) is 0 Å². The maximum atomic E-state index is 9.65. The summed E-state index contributed by atoms with van der Waals surface area (Å²) < 4.78 is 0. The highest BCUT2D eigenvalue weighted by Crippen LogP contribution is 2.42. The minimum absolute atomic E-state index is 0.0759. The molecular formula is C12H17ClN2O. The fraction of sp³-hybridized carbons (Fsp3) is 0.583. The predicted octanol–water partition coefficient (Wildman–Crippen LogP) is 2.61. The van der Waals surface area contributed by atoms with Crippen LogP contribution in [0.1, 0.15) is 25.8 Å². The number of aliphatic hydroxyl groups excluding tert-OH is 1. The van der Waals surface area contributed by atoms with Crippen LogP contribution in [0.15, 0.2) is 12.3 Å². The fourth-order valence-electron chi connectivity index (χ4n) is 1.99. The van der Waals surface area contributed by atoms with Crippen LogP contribution in [0.25, 0.3) is 0 Å². The number of nitrogens with one attached hydrogen (secondary N) is 1. The Morgan fingerprint density at radius 1 is 1.56 bits per heavy atom. The van der Waals surface area contributed by atoms with Gasteiger partial charge in [0.25, 0.3) is 0 Å². The Bertz CT molecular complexity index is 406. The molecule has 0 amide bonds. The fourth-order valence-corrected chi connectivity index (χ4v) is 2.09. The van der Waals surface area contributed by atoms with Crippen molar-refractivity contribution in [3.05, 3.63) is 23.0 Å². The lowest BCUT2D eigenvalue weighted by molar-refractivity contribution is -0.0510. The molecule has 1 heterocycles.